The molecule has 0 aromatic carbocycles. The monoisotopic (exact) mass is 295 g/mol. The number of aryl methyl sites for hydroxylation is 2. The number of nitrogens with one attached hydrogen (secondary N) is 1. The third-order valence-electron chi connectivity index (χ3n) is 4.83. The van der Waals surface area contributed by atoms with E-state index in [9.17, 15) is 0 Å². The second kappa shape index (κ2) is 8.16. The Balaban J connectivity index is 1.78. The van der Waals surface area contributed by atoms with Crippen LogP contribution in [0.25, 0.3) is 0 Å². The van der Waals surface area contributed by atoms with Crippen molar-refractivity contribution >= 4 is 11.3 Å². The second-order valence-electron chi connectivity index (χ2n) is 6.23. The van der Waals surface area contributed by atoms with Gasteiger partial charge in [0.1, 0.15) is 0 Å². The smallest absolute Gasteiger partial charge is 0.0587 e. The molecule has 0 bridgehead atoms. The van der Waals surface area contributed by atoms with E-state index < -0.39 is 0 Å². The Kier molecular flexibility index (Phi) is 6.53. The van der Waals surface area contributed by atoms with Crippen LogP contribution in [0.1, 0.15) is 49.0 Å². The molecule has 3 heteroatoms. The van der Waals surface area contributed by atoms with Crippen LogP contribution in [0.2, 0.25) is 0 Å². The van der Waals surface area contributed by atoms with E-state index in [-0.39, 0.29) is 0 Å². The zero-order valence-corrected chi connectivity index (χ0v) is 13.9. The van der Waals surface area contributed by atoms with Crippen molar-refractivity contribution in [2.75, 3.05) is 26.8 Å². The van der Waals surface area contributed by atoms with Crippen molar-refractivity contribution in [3.05, 3.63) is 21.9 Å². The first-order valence-corrected chi connectivity index (χ1v) is 8.86. The molecule has 1 aromatic rings. The Bertz CT molecular complexity index is 382. The highest BCUT2D eigenvalue weighted by Crippen LogP contribution is 2.44. The molecule has 1 aromatic heterocycles. The molecule has 0 radical (unpaired) electrons. The van der Waals surface area contributed by atoms with Gasteiger partial charge in [-0.1, -0.05) is 12.8 Å². The first-order chi connectivity index (χ1) is 9.76. The molecule has 0 amide bonds. The number of methoxy groups -OCH3 is 1. The van der Waals surface area contributed by atoms with E-state index >= 15 is 0 Å². The third-order valence-corrected chi connectivity index (χ3v) is 5.91. The van der Waals surface area contributed by atoms with Gasteiger partial charge in [-0.25, -0.2) is 0 Å². The number of hydrogen-bond acceptors (Lipinski definition) is 3. The molecule has 0 saturated heterocycles. The lowest BCUT2D eigenvalue weighted by Gasteiger charge is -2.29. The zero-order valence-electron chi connectivity index (χ0n) is 13.0. The standard InChI is InChI=1S/C17H29NOS/c1-15-6-14-20-16(15)5-9-17(7-3-4-8-17)10-11-18-12-13-19-2/h6,14,18H,3-5,7-13H2,1-2H3. The highest BCUT2D eigenvalue weighted by molar-refractivity contribution is 7.10. The van der Waals surface area contributed by atoms with E-state index in [4.69, 9.17) is 4.74 Å². The molecule has 2 rings (SSSR count). The summed E-state index contributed by atoms with van der Waals surface area (Å²) in [5.74, 6) is 0. The predicted octanol–water partition coefficient (Wildman–Crippen LogP) is 4.18. The molecule has 0 atom stereocenters. The zero-order chi connectivity index (χ0) is 14.3. The normalized spacial score (nSPS) is 17.7. The van der Waals surface area contributed by atoms with Crippen LogP contribution in [-0.2, 0) is 11.2 Å². The fraction of sp³-hybridized carbons (Fsp3) is 0.765. The van der Waals surface area contributed by atoms with Gasteiger partial charge in [0.05, 0.1) is 6.61 Å². The average Bonchev–Trinajstić information content (AvgIpc) is 3.06. The van der Waals surface area contributed by atoms with Gasteiger partial charge in [-0.3, -0.25) is 0 Å². The first kappa shape index (κ1) is 16.0. The fourth-order valence-corrected chi connectivity index (χ4v) is 4.35. The van der Waals surface area contributed by atoms with Gasteiger partial charge in [-0.15, -0.1) is 11.3 Å². The van der Waals surface area contributed by atoms with Crippen LogP contribution in [0.5, 0.6) is 0 Å². The number of rotatable bonds is 9. The van der Waals surface area contributed by atoms with Crippen molar-refractivity contribution in [2.24, 2.45) is 5.41 Å². The van der Waals surface area contributed by atoms with Crippen LogP contribution in [-0.4, -0.2) is 26.8 Å². The molecular formula is C17H29NOS. The van der Waals surface area contributed by atoms with Crippen molar-refractivity contribution in [3.8, 4) is 0 Å². The van der Waals surface area contributed by atoms with Gasteiger partial charge in [-0.05, 0) is 68.0 Å². The van der Waals surface area contributed by atoms with Gasteiger partial charge in [-0.2, -0.15) is 0 Å². The van der Waals surface area contributed by atoms with Crippen LogP contribution in [0.15, 0.2) is 11.4 Å². The van der Waals surface area contributed by atoms with Crippen LogP contribution < -0.4 is 5.32 Å². The van der Waals surface area contributed by atoms with Gasteiger partial charge >= 0.3 is 0 Å². The topological polar surface area (TPSA) is 21.3 Å². The van der Waals surface area contributed by atoms with Gasteiger partial charge in [0.15, 0.2) is 0 Å². The van der Waals surface area contributed by atoms with Gasteiger partial charge in [0.25, 0.3) is 0 Å². The first-order valence-electron chi connectivity index (χ1n) is 7.98. The summed E-state index contributed by atoms with van der Waals surface area (Å²) in [6.07, 6.45) is 9.72. The minimum absolute atomic E-state index is 0.608. The molecule has 1 heterocycles. The minimum atomic E-state index is 0.608. The van der Waals surface area contributed by atoms with Gasteiger partial charge in [0, 0.05) is 18.5 Å². The van der Waals surface area contributed by atoms with Crippen LogP contribution in [0.4, 0.5) is 0 Å². The van der Waals surface area contributed by atoms with Gasteiger partial charge in [0.2, 0.25) is 0 Å². The molecule has 1 aliphatic carbocycles. The quantitative estimate of drug-likeness (QED) is 0.690. The number of hydrogen-bond donors (Lipinski definition) is 1. The molecule has 114 valence electrons. The average molecular weight is 295 g/mol. The van der Waals surface area contributed by atoms with Gasteiger partial charge < -0.3 is 10.1 Å². The minimum Gasteiger partial charge on any atom is -0.383 e. The Labute approximate surface area is 127 Å². The largest absolute Gasteiger partial charge is 0.383 e. The van der Waals surface area contributed by atoms with Crippen molar-refractivity contribution in [1.82, 2.24) is 5.32 Å². The van der Waals surface area contributed by atoms with Crippen LogP contribution in [0.3, 0.4) is 0 Å². The molecule has 1 N–H and O–H groups in total. The fourth-order valence-electron chi connectivity index (χ4n) is 3.44. The summed E-state index contributed by atoms with van der Waals surface area (Å²) in [6.45, 7) is 5.20. The van der Waals surface area contributed by atoms with E-state index in [1.54, 1.807) is 12.0 Å². The Morgan fingerprint density at radius 2 is 2.05 bits per heavy atom. The maximum Gasteiger partial charge on any atom is 0.0587 e. The number of thiophene rings is 1. The second-order valence-corrected chi connectivity index (χ2v) is 7.23. The molecule has 1 saturated carbocycles. The maximum absolute atomic E-state index is 5.09. The lowest BCUT2D eigenvalue weighted by Crippen LogP contribution is -2.27. The molecule has 0 spiro atoms. The summed E-state index contributed by atoms with van der Waals surface area (Å²) in [5.41, 5.74) is 2.10. The maximum atomic E-state index is 5.09. The molecule has 1 aliphatic rings. The van der Waals surface area contributed by atoms with Crippen molar-refractivity contribution in [3.63, 3.8) is 0 Å². The SMILES string of the molecule is COCCNCCC1(CCc2sccc2C)CCCC1. The molecule has 2 nitrogen and oxygen atoms in total. The lowest BCUT2D eigenvalue weighted by atomic mass is 9.78. The van der Waals surface area contributed by atoms with Crippen LogP contribution >= 0.6 is 11.3 Å². The summed E-state index contributed by atoms with van der Waals surface area (Å²) in [6, 6.07) is 2.26. The molecule has 20 heavy (non-hydrogen) atoms. The van der Waals surface area contributed by atoms with Crippen molar-refractivity contribution < 1.29 is 4.74 Å². The highest BCUT2D eigenvalue weighted by atomic mass is 32.1. The van der Waals surface area contributed by atoms with Crippen LogP contribution in [0, 0.1) is 12.3 Å². The van der Waals surface area contributed by atoms with Crippen molar-refractivity contribution in [1.29, 1.82) is 0 Å². The van der Waals surface area contributed by atoms with E-state index in [2.05, 4.69) is 23.7 Å². The molecule has 0 aliphatic heterocycles. The Morgan fingerprint density at radius 3 is 2.70 bits per heavy atom. The summed E-state index contributed by atoms with van der Waals surface area (Å²) in [7, 11) is 1.77. The molecular weight excluding hydrogens is 266 g/mol. The summed E-state index contributed by atoms with van der Waals surface area (Å²) in [4.78, 5) is 1.60. The van der Waals surface area contributed by atoms with E-state index in [0.717, 1.165) is 19.7 Å². The Hall–Kier alpha value is -0.380. The van der Waals surface area contributed by atoms with Crippen molar-refractivity contribution in [2.45, 2.75) is 51.9 Å². The molecule has 1 fully saturated rings. The summed E-state index contributed by atoms with van der Waals surface area (Å²) in [5, 5.41) is 5.75. The third kappa shape index (κ3) is 4.57. The number of ether oxygens (including phenoxy) is 1. The van der Waals surface area contributed by atoms with E-state index in [0.29, 0.717) is 5.41 Å². The van der Waals surface area contributed by atoms with E-state index in [1.165, 1.54) is 50.5 Å². The predicted molar refractivity (Wildman–Crippen MR) is 87.6 cm³/mol. The summed E-state index contributed by atoms with van der Waals surface area (Å²) >= 11 is 1.93. The highest BCUT2D eigenvalue weighted by Gasteiger charge is 2.32. The lowest BCUT2D eigenvalue weighted by molar-refractivity contribution is 0.194. The summed E-state index contributed by atoms with van der Waals surface area (Å²) < 4.78 is 5.09. The van der Waals surface area contributed by atoms with E-state index in [1.807, 2.05) is 11.3 Å². The molecule has 0 unspecified atom stereocenters. The Morgan fingerprint density at radius 1 is 1.25 bits per heavy atom.